The number of pyridine rings is 1. The van der Waals surface area contributed by atoms with Crippen LogP contribution in [0.3, 0.4) is 0 Å². The van der Waals surface area contributed by atoms with Crippen LogP contribution >= 0.6 is 0 Å². The Morgan fingerprint density at radius 1 is 1.08 bits per heavy atom. The molecule has 4 aromatic rings. The number of rotatable bonds is 5. The Bertz CT molecular complexity index is 1550. The van der Waals surface area contributed by atoms with Gasteiger partial charge < -0.3 is 16.0 Å². The molecule has 0 spiro atoms. The van der Waals surface area contributed by atoms with Crippen molar-refractivity contribution in [3.63, 3.8) is 0 Å². The average Bonchev–Trinajstić information content (AvgIpc) is 3.37. The molecular formula is C28H25F3N6O2. The Labute approximate surface area is 222 Å². The minimum absolute atomic E-state index is 0.0281. The zero-order valence-corrected chi connectivity index (χ0v) is 21.0. The molecule has 0 atom stereocenters. The first-order valence-electron chi connectivity index (χ1n) is 12.2. The zero-order chi connectivity index (χ0) is 27.7. The van der Waals surface area contributed by atoms with E-state index in [4.69, 9.17) is 10.7 Å². The number of amides is 2. The van der Waals surface area contributed by atoms with Crippen LogP contribution in [-0.2, 0) is 31.0 Å². The van der Waals surface area contributed by atoms with Gasteiger partial charge in [-0.1, -0.05) is 30.3 Å². The van der Waals surface area contributed by atoms with E-state index in [-0.39, 0.29) is 29.3 Å². The van der Waals surface area contributed by atoms with Gasteiger partial charge >= 0.3 is 6.18 Å². The van der Waals surface area contributed by atoms with E-state index in [2.05, 4.69) is 10.4 Å². The third-order valence-electron chi connectivity index (χ3n) is 6.57. The molecule has 0 aliphatic carbocycles. The van der Waals surface area contributed by atoms with Gasteiger partial charge in [0.15, 0.2) is 0 Å². The summed E-state index contributed by atoms with van der Waals surface area (Å²) in [7, 11) is 1.60. The van der Waals surface area contributed by atoms with E-state index in [0.717, 1.165) is 29.0 Å². The number of fused-ring (bicyclic) bond motifs is 1. The number of aryl methyl sites for hydroxylation is 1. The highest BCUT2D eigenvalue weighted by Crippen LogP contribution is 2.37. The van der Waals surface area contributed by atoms with Gasteiger partial charge in [-0.2, -0.15) is 18.3 Å². The molecule has 0 radical (unpaired) electrons. The summed E-state index contributed by atoms with van der Waals surface area (Å²) >= 11 is 0. The molecule has 0 saturated heterocycles. The number of halogens is 3. The van der Waals surface area contributed by atoms with Gasteiger partial charge in [0, 0.05) is 55.1 Å². The first-order chi connectivity index (χ1) is 18.6. The topological polar surface area (TPSA) is 106 Å². The fourth-order valence-electron chi connectivity index (χ4n) is 4.62. The second-order valence-electron chi connectivity index (χ2n) is 9.21. The van der Waals surface area contributed by atoms with Crippen LogP contribution in [0.5, 0.6) is 0 Å². The van der Waals surface area contributed by atoms with Crippen LogP contribution < -0.4 is 11.1 Å². The lowest BCUT2D eigenvalue weighted by Crippen LogP contribution is -2.40. The third kappa shape index (κ3) is 5.39. The summed E-state index contributed by atoms with van der Waals surface area (Å²) in [4.78, 5) is 32.0. The Kier molecular flexibility index (Phi) is 6.92. The lowest BCUT2D eigenvalue weighted by Gasteiger charge is -2.29. The summed E-state index contributed by atoms with van der Waals surface area (Å²) in [5.74, 6) is -0.796. The Morgan fingerprint density at radius 2 is 1.85 bits per heavy atom. The molecule has 39 heavy (non-hydrogen) atoms. The van der Waals surface area contributed by atoms with Crippen LogP contribution in [0, 0.1) is 0 Å². The predicted molar refractivity (Wildman–Crippen MR) is 139 cm³/mol. The van der Waals surface area contributed by atoms with Crippen LogP contribution in [0.4, 0.5) is 18.9 Å². The molecule has 0 unspecified atom stereocenters. The van der Waals surface area contributed by atoms with Crippen LogP contribution in [0.2, 0.25) is 0 Å². The highest BCUT2D eigenvalue weighted by Gasteiger charge is 2.35. The van der Waals surface area contributed by atoms with Gasteiger partial charge in [0.05, 0.1) is 29.2 Å². The van der Waals surface area contributed by atoms with Crippen molar-refractivity contribution in [3.8, 4) is 22.5 Å². The van der Waals surface area contributed by atoms with Crippen molar-refractivity contribution in [1.29, 1.82) is 0 Å². The first-order valence-corrected chi connectivity index (χ1v) is 12.2. The summed E-state index contributed by atoms with van der Waals surface area (Å²) in [6.07, 6.45) is -2.56. The maximum Gasteiger partial charge on any atom is 0.417 e. The monoisotopic (exact) mass is 534 g/mol. The van der Waals surface area contributed by atoms with Gasteiger partial charge in [-0.3, -0.25) is 19.3 Å². The van der Waals surface area contributed by atoms with Crippen LogP contribution in [0.25, 0.3) is 22.5 Å². The zero-order valence-electron chi connectivity index (χ0n) is 21.0. The molecule has 3 N–H and O–H groups in total. The molecule has 2 aromatic heterocycles. The molecule has 1 aliphatic rings. The van der Waals surface area contributed by atoms with E-state index in [1.807, 2.05) is 30.3 Å². The number of carbonyl (C=O) groups is 2. The van der Waals surface area contributed by atoms with E-state index in [1.165, 1.54) is 23.0 Å². The minimum Gasteiger partial charge on any atom is -0.337 e. The largest absolute Gasteiger partial charge is 0.417 e. The quantitative estimate of drug-likeness (QED) is 0.398. The summed E-state index contributed by atoms with van der Waals surface area (Å²) in [5, 5.41) is 6.94. The molecule has 0 bridgehead atoms. The van der Waals surface area contributed by atoms with Gasteiger partial charge in [-0.25, -0.2) is 0 Å². The number of nitrogens with zero attached hydrogens (tertiary/aromatic N) is 4. The van der Waals surface area contributed by atoms with Crippen LogP contribution in [-0.4, -0.2) is 44.6 Å². The van der Waals surface area contributed by atoms with E-state index in [9.17, 15) is 22.8 Å². The molecule has 8 nitrogen and oxygen atoms in total. The highest BCUT2D eigenvalue weighted by molar-refractivity contribution is 6.06. The summed E-state index contributed by atoms with van der Waals surface area (Å²) in [6.45, 7) is 0.666. The second kappa shape index (κ2) is 10.3. The van der Waals surface area contributed by atoms with Crippen LogP contribution in [0.1, 0.15) is 27.2 Å². The summed E-state index contributed by atoms with van der Waals surface area (Å²) in [6, 6.07) is 15.7. The van der Waals surface area contributed by atoms with Crippen molar-refractivity contribution in [2.24, 2.45) is 12.8 Å². The molecule has 0 fully saturated rings. The lowest BCUT2D eigenvalue weighted by molar-refractivity contribution is -0.137. The number of hydrogen-bond donors (Lipinski definition) is 2. The maximum absolute atomic E-state index is 13.8. The standard InChI is InChI=1S/C28H25F3N6O2/c1-36-11-9-23(35-36)20-13-18(7-8-21(20)28(29,30)31)27(39)34-24-14-19-16-37(25(38)15-32)12-10-22(19)33-26(24)17-5-3-2-4-6-17/h2-9,11,13-14H,10,12,15-16,32H2,1H3,(H,34,39). The van der Waals surface area contributed by atoms with Crippen LogP contribution in [0.15, 0.2) is 66.9 Å². The minimum atomic E-state index is -4.63. The van der Waals surface area contributed by atoms with Gasteiger partial charge in [0.2, 0.25) is 5.91 Å². The molecule has 11 heteroatoms. The summed E-state index contributed by atoms with van der Waals surface area (Å²) < 4.78 is 42.7. The second-order valence-corrected chi connectivity index (χ2v) is 9.21. The van der Waals surface area contributed by atoms with Gasteiger partial charge in [-0.15, -0.1) is 0 Å². The molecule has 2 amide bonds. The fourth-order valence-corrected chi connectivity index (χ4v) is 4.62. The smallest absolute Gasteiger partial charge is 0.337 e. The molecule has 5 rings (SSSR count). The van der Waals surface area contributed by atoms with Crippen molar-refractivity contribution in [2.45, 2.75) is 19.1 Å². The fraction of sp³-hybridized carbons (Fsp3) is 0.214. The predicted octanol–water partition coefficient (Wildman–Crippen LogP) is 4.26. The van der Waals surface area contributed by atoms with E-state index in [1.54, 1.807) is 18.0 Å². The van der Waals surface area contributed by atoms with E-state index >= 15 is 0 Å². The normalized spacial score (nSPS) is 13.2. The summed E-state index contributed by atoms with van der Waals surface area (Å²) in [5.41, 5.74) is 7.82. The number of alkyl halides is 3. The third-order valence-corrected chi connectivity index (χ3v) is 6.57. The van der Waals surface area contributed by atoms with Crippen molar-refractivity contribution in [3.05, 3.63) is 89.2 Å². The number of nitrogens with two attached hydrogens (primary N) is 1. The number of aromatic nitrogens is 3. The first kappa shape index (κ1) is 26.1. The number of carbonyl (C=O) groups excluding carboxylic acids is 2. The molecule has 3 heterocycles. The number of anilines is 1. The van der Waals surface area contributed by atoms with Gasteiger partial charge in [-0.05, 0) is 35.9 Å². The molecular weight excluding hydrogens is 509 g/mol. The van der Waals surface area contributed by atoms with Crippen molar-refractivity contribution in [2.75, 3.05) is 18.4 Å². The van der Waals surface area contributed by atoms with Crippen molar-refractivity contribution >= 4 is 17.5 Å². The lowest BCUT2D eigenvalue weighted by atomic mass is 9.99. The SMILES string of the molecule is Cn1ccc(-c2cc(C(=O)Nc3cc4c(nc3-c3ccccc3)CCN(C(=O)CN)C4)ccc2C(F)(F)F)n1. The van der Waals surface area contributed by atoms with E-state index in [0.29, 0.717) is 30.9 Å². The molecule has 1 aliphatic heterocycles. The Hall–Kier alpha value is -4.51. The number of hydrogen-bond acceptors (Lipinski definition) is 5. The molecule has 0 saturated carbocycles. The highest BCUT2D eigenvalue weighted by atomic mass is 19.4. The van der Waals surface area contributed by atoms with Gasteiger partial charge in [0.25, 0.3) is 5.91 Å². The Balaban J connectivity index is 1.54. The number of benzene rings is 2. The Morgan fingerprint density at radius 3 is 2.51 bits per heavy atom. The molecule has 200 valence electrons. The van der Waals surface area contributed by atoms with E-state index < -0.39 is 17.6 Å². The van der Waals surface area contributed by atoms with Crippen molar-refractivity contribution < 1.29 is 22.8 Å². The molecule has 2 aromatic carbocycles. The maximum atomic E-state index is 13.8. The van der Waals surface area contributed by atoms with Crippen molar-refractivity contribution in [1.82, 2.24) is 19.7 Å². The number of nitrogens with one attached hydrogen (secondary N) is 1. The average molecular weight is 535 g/mol. The van der Waals surface area contributed by atoms with Gasteiger partial charge in [0.1, 0.15) is 0 Å².